The van der Waals surface area contributed by atoms with E-state index in [0.717, 1.165) is 12.2 Å². The second-order valence-corrected chi connectivity index (χ2v) is 3.35. The fraction of sp³-hybridized carbons (Fsp3) is 0.417. The number of unbranched alkanes of at least 4 members (excludes halogenated alkanes) is 2. The molecule has 0 radical (unpaired) electrons. The smallest absolute Gasteiger partial charge is 0.130 e. The minimum absolute atomic E-state index is 0.883. The van der Waals surface area contributed by atoms with Crippen LogP contribution >= 0.6 is 0 Å². The van der Waals surface area contributed by atoms with E-state index in [2.05, 4.69) is 35.9 Å². The minimum atomic E-state index is 0.883. The first kappa shape index (κ1) is 10.8. The van der Waals surface area contributed by atoms with Gasteiger partial charge in [0.1, 0.15) is 5.82 Å². The molecule has 0 fully saturated rings. The van der Waals surface area contributed by atoms with Crippen LogP contribution in [0.15, 0.2) is 31.1 Å². The second-order valence-electron chi connectivity index (χ2n) is 3.35. The Morgan fingerprint density at radius 1 is 1.50 bits per heavy atom. The van der Waals surface area contributed by atoms with Crippen LogP contribution in [-0.4, -0.2) is 4.98 Å². The van der Waals surface area contributed by atoms with E-state index in [1.807, 2.05) is 6.20 Å². The third kappa shape index (κ3) is 3.60. The minimum Gasteiger partial charge on any atom is -0.347 e. The summed E-state index contributed by atoms with van der Waals surface area (Å²) in [7, 11) is 0. The molecule has 1 heterocycles. The molecular formula is C12H18N2. The molecule has 0 saturated heterocycles. The monoisotopic (exact) mass is 190 g/mol. The number of aromatic nitrogens is 1. The van der Waals surface area contributed by atoms with Crippen molar-refractivity contribution in [3.63, 3.8) is 0 Å². The molecule has 0 spiro atoms. The predicted octanol–water partition coefficient (Wildman–Crippen LogP) is 3.37. The molecule has 1 N–H and O–H groups in total. The number of rotatable bonds is 6. The van der Waals surface area contributed by atoms with Crippen molar-refractivity contribution in [3.8, 4) is 0 Å². The molecule has 14 heavy (non-hydrogen) atoms. The normalized spacial score (nSPS) is 9.79. The van der Waals surface area contributed by atoms with Crippen molar-refractivity contribution < 1.29 is 0 Å². The number of nitrogens with one attached hydrogen (secondary N) is 1. The average Bonchev–Trinajstić information content (AvgIpc) is 2.19. The van der Waals surface area contributed by atoms with Crippen molar-refractivity contribution in [2.24, 2.45) is 0 Å². The van der Waals surface area contributed by atoms with Gasteiger partial charge in [-0.15, -0.1) is 0 Å². The van der Waals surface area contributed by atoms with Crippen LogP contribution in [0.2, 0.25) is 0 Å². The summed E-state index contributed by atoms with van der Waals surface area (Å²) < 4.78 is 0. The van der Waals surface area contributed by atoms with E-state index >= 15 is 0 Å². The first-order valence-corrected chi connectivity index (χ1v) is 5.19. The average molecular weight is 190 g/mol. The van der Waals surface area contributed by atoms with Gasteiger partial charge in [-0.05, 0) is 36.7 Å². The van der Waals surface area contributed by atoms with Gasteiger partial charge in [0, 0.05) is 6.20 Å². The SMILES string of the molecule is C=CNc1cc(CCCCC)ccn1. The number of aryl methyl sites for hydroxylation is 1. The highest BCUT2D eigenvalue weighted by Crippen LogP contribution is 2.10. The molecule has 0 aliphatic heterocycles. The molecule has 0 aliphatic rings. The summed E-state index contributed by atoms with van der Waals surface area (Å²) in [5, 5.41) is 2.99. The zero-order valence-electron chi connectivity index (χ0n) is 8.79. The molecule has 2 nitrogen and oxygen atoms in total. The summed E-state index contributed by atoms with van der Waals surface area (Å²) in [5.74, 6) is 0.883. The van der Waals surface area contributed by atoms with E-state index in [0.29, 0.717) is 0 Å². The fourth-order valence-electron chi connectivity index (χ4n) is 1.39. The van der Waals surface area contributed by atoms with Crippen LogP contribution in [0.3, 0.4) is 0 Å². The van der Waals surface area contributed by atoms with Gasteiger partial charge in [-0.3, -0.25) is 0 Å². The fourth-order valence-corrected chi connectivity index (χ4v) is 1.39. The van der Waals surface area contributed by atoms with Gasteiger partial charge in [-0.2, -0.15) is 0 Å². The standard InChI is InChI=1S/C12H18N2/c1-3-5-6-7-11-8-9-14-12(10-11)13-4-2/h4,8-10H,2-3,5-7H2,1H3,(H,13,14). The van der Waals surface area contributed by atoms with Gasteiger partial charge in [0.25, 0.3) is 0 Å². The molecule has 0 saturated carbocycles. The number of anilines is 1. The molecule has 2 heteroatoms. The molecule has 0 bridgehead atoms. The summed E-state index contributed by atoms with van der Waals surface area (Å²) >= 11 is 0. The van der Waals surface area contributed by atoms with Crippen molar-refractivity contribution in [2.45, 2.75) is 32.6 Å². The van der Waals surface area contributed by atoms with Gasteiger partial charge in [0.05, 0.1) is 0 Å². The van der Waals surface area contributed by atoms with E-state index in [9.17, 15) is 0 Å². The van der Waals surface area contributed by atoms with Crippen molar-refractivity contribution >= 4 is 5.82 Å². The predicted molar refractivity (Wildman–Crippen MR) is 61.3 cm³/mol. The Morgan fingerprint density at radius 2 is 2.36 bits per heavy atom. The zero-order valence-corrected chi connectivity index (χ0v) is 8.79. The van der Waals surface area contributed by atoms with E-state index in [1.54, 1.807) is 6.20 Å². The first-order chi connectivity index (χ1) is 6.86. The quantitative estimate of drug-likeness (QED) is 0.696. The second kappa shape index (κ2) is 6.19. The summed E-state index contributed by atoms with van der Waals surface area (Å²) in [5.41, 5.74) is 1.35. The molecule has 1 rings (SSSR count). The Bertz CT molecular complexity index is 281. The van der Waals surface area contributed by atoms with Crippen LogP contribution in [0.1, 0.15) is 31.7 Å². The maximum absolute atomic E-state index is 4.18. The van der Waals surface area contributed by atoms with Gasteiger partial charge in [0.2, 0.25) is 0 Å². The van der Waals surface area contributed by atoms with Gasteiger partial charge < -0.3 is 5.32 Å². The zero-order chi connectivity index (χ0) is 10.2. The van der Waals surface area contributed by atoms with Gasteiger partial charge in [-0.25, -0.2) is 4.98 Å². The molecule has 1 aromatic rings. The number of hydrogen-bond donors (Lipinski definition) is 1. The molecule has 0 atom stereocenters. The lowest BCUT2D eigenvalue weighted by atomic mass is 10.1. The summed E-state index contributed by atoms with van der Waals surface area (Å²) in [6.07, 6.45) is 8.46. The van der Waals surface area contributed by atoms with E-state index in [4.69, 9.17) is 0 Å². The largest absolute Gasteiger partial charge is 0.347 e. The Kier molecular flexibility index (Phi) is 4.76. The third-order valence-electron chi connectivity index (χ3n) is 2.14. The number of nitrogens with zero attached hydrogens (tertiary/aromatic N) is 1. The highest BCUT2D eigenvalue weighted by Gasteiger charge is 1.95. The Hall–Kier alpha value is -1.31. The lowest BCUT2D eigenvalue weighted by molar-refractivity contribution is 0.717. The Balaban J connectivity index is 2.50. The Morgan fingerprint density at radius 3 is 3.07 bits per heavy atom. The van der Waals surface area contributed by atoms with Gasteiger partial charge >= 0.3 is 0 Å². The topological polar surface area (TPSA) is 24.9 Å². The van der Waals surface area contributed by atoms with Crippen LogP contribution in [0.4, 0.5) is 5.82 Å². The Labute approximate surface area is 86.1 Å². The maximum atomic E-state index is 4.18. The summed E-state index contributed by atoms with van der Waals surface area (Å²) in [4.78, 5) is 4.18. The lowest BCUT2D eigenvalue weighted by Crippen LogP contribution is -1.93. The van der Waals surface area contributed by atoms with E-state index in [1.165, 1.54) is 24.8 Å². The first-order valence-electron chi connectivity index (χ1n) is 5.19. The molecule has 76 valence electrons. The number of hydrogen-bond acceptors (Lipinski definition) is 2. The lowest BCUT2D eigenvalue weighted by Gasteiger charge is -2.03. The molecule has 0 amide bonds. The van der Waals surface area contributed by atoms with Crippen LogP contribution in [0.5, 0.6) is 0 Å². The van der Waals surface area contributed by atoms with Crippen molar-refractivity contribution in [3.05, 3.63) is 36.7 Å². The maximum Gasteiger partial charge on any atom is 0.130 e. The van der Waals surface area contributed by atoms with Crippen molar-refractivity contribution in [1.29, 1.82) is 0 Å². The van der Waals surface area contributed by atoms with Crippen molar-refractivity contribution in [2.75, 3.05) is 5.32 Å². The highest BCUT2D eigenvalue weighted by atomic mass is 15.0. The van der Waals surface area contributed by atoms with Crippen LogP contribution in [-0.2, 0) is 6.42 Å². The summed E-state index contributed by atoms with van der Waals surface area (Å²) in [6, 6.07) is 4.15. The molecule has 0 aromatic carbocycles. The number of pyridine rings is 1. The van der Waals surface area contributed by atoms with E-state index in [-0.39, 0.29) is 0 Å². The van der Waals surface area contributed by atoms with Crippen LogP contribution in [0.25, 0.3) is 0 Å². The molecule has 1 aromatic heterocycles. The molecular weight excluding hydrogens is 172 g/mol. The summed E-state index contributed by atoms with van der Waals surface area (Å²) in [6.45, 7) is 5.83. The van der Waals surface area contributed by atoms with Gasteiger partial charge in [-0.1, -0.05) is 26.3 Å². The van der Waals surface area contributed by atoms with Crippen molar-refractivity contribution in [1.82, 2.24) is 4.98 Å². The highest BCUT2D eigenvalue weighted by molar-refractivity contribution is 5.39. The molecule has 0 unspecified atom stereocenters. The van der Waals surface area contributed by atoms with Gasteiger partial charge in [0.15, 0.2) is 0 Å². The third-order valence-corrected chi connectivity index (χ3v) is 2.14. The van der Waals surface area contributed by atoms with E-state index < -0.39 is 0 Å². The molecule has 0 aliphatic carbocycles. The van der Waals surface area contributed by atoms with Crippen LogP contribution in [0, 0.1) is 0 Å². The van der Waals surface area contributed by atoms with Crippen LogP contribution < -0.4 is 5.32 Å².